The van der Waals surface area contributed by atoms with Crippen LogP contribution in [0.2, 0.25) is 0 Å². The minimum absolute atomic E-state index is 0.0642. The molecule has 0 N–H and O–H groups in total. The quantitative estimate of drug-likeness (QED) is 0.429. The molecule has 0 fully saturated rings. The number of carbonyl (C=O) groups excluding carboxylic acids is 1. The van der Waals surface area contributed by atoms with Gasteiger partial charge >= 0.3 is 5.43 Å². The largest absolute Gasteiger partial charge is 0.414 e. The second kappa shape index (κ2) is 6.01. The fraction of sp³-hybridized carbons (Fsp3) is 0.222. The van der Waals surface area contributed by atoms with Gasteiger partial charge in [-0.15, -0.1) is 0 Å². The van der Waals surface area contributed by atoms with Gasteiger partial charge in [-0.2, -0.15) is 0 Å². The molecule has 0 spiro atoms. The van der Waals surface area contributed by atoms with Gasteiger partial charge in [0.2, 0.25) is 7.59 Å². The van der Waals surface area contributed by atoms with Crippen molar-refractivity contribution >= 4 is 86.6 Å². The molecular formula is C9H3Cl7O2. The molecule has 0 aliphatic carbocycles. The van der Waals surface area contributed by atoms with Crippen molar-refractivity contribution in [2.24, 2.45) is 0 Å². The number of hydrogen-bond donors (Lipinski definition) is 0. The summed E-state index contributed by atoms with van der Waals surface area (Å²) in [7, 11) is 0. The summed E-state index contributed by atoms with van der Waals surface area (Å²) in [4.78, 5) is 10.6. The Kier molecular flexibility index (Phi) is 5.60. The van der Waals surface area contributed by atoms with E-state index in [9.17, 15) is 4.79 Å². The minimum atomic E-state index is -1.85. The van der Waals surface area contributed by atoms with Crippen LogP contribution in [0.15, 0.2) is 18.2 Å². The second-order valence-corrected chi connectivity index (χ2v) is 7.91. The summed E-state index contributed by atoms with van der Waals surface area (Å²) in [6.07, 6.45) is 0. The summed E-state index contributed by atoms with van der Waals surface area (Å²) in [6.45, 7) is 0. The van der Waals surface area contributed by atoms with E-state index in [1.54, 1.807) is 0 Å². The van der Waals surface area contributed by atoms with Crippen molar-refractivity contribution in [3.8, 4) is 5.75 Å². The fourth-order valence-corrected chi connectivity index (χ4v) is 2.21. The fourth-order valence-electron chi connectivity index (χ4n) is 1.16. The maximum atomic E-state index is 10.6. The maximum Gasteiger partial charge on any atom is 0.409 e. The average molecular weight is 391 g/mol. The van der Waals surface area contributed by atoms with Gasteiger partial charge in [-0.05, 0) is 12.1 Å². The van der Waals surface area contributed by atoms with Crippen molar-refractivity contribution in [1.29, 1.82) is 0 Å². The van der Waals surface area contributed by atoms with Crippen LogP contribution < -0.4 is 4.74 Å². The number of carbonyl (C=O) groups is 1. The summed E-state index contributed by atoms with van der Waals surface area (Å²) in [5.74, 6) is 0.0642. The Morgan fingerprint density at radius 2 is 1.44 bits per heavy atom. The molecule has 0 unspecified atom stereocenters. The number of rotatable bonds is 1. The Hall–Kier alpha value is 0.720. The van der Waals surface area contributed by atoms with E-state index in [2.05, 4.69) is 4.74 Å². The van der Waals surface area contributed by atoms with Gasteiger partial charge < -0.3 is 4.74 Å². The summed E-state index contributed by atoms with van der Waals surface area (Å²) < 4.78 is 0.997. The van der Waals surface area contributed by atoms with E-state index in [-0.39, 0.29) is 16.9 Å². The maximum absolute atomic E-state index is 10.6. The molecule has 0 aromatic heterocycles. The van der Waals surface area contributed by atoms with Crippen LogP contribution in [0.5, 0.6) is 5.75 Å². The number of benzene rings is 1. The van der Waals surface area contributed by atoms with Gasteiger partial charge in [0.15, 0.2) is 0 Å². The van der Waals surface area contributed by atoms with Gasteiger partial charge in [-0.3, -0.25) is 0 Å². The van der Waals surface area contributed by atoms with E-state index in [1.807, 2.05) is 0 Å². The number of halogens is 7. The molecule has 0 heterocycles. The van der Waals surface area contributed by atoms with Gasteiger partial charge in [0.25, 0.3) is 0 Å². The molecule has 0 aliphatic rings. The molecule has 0 radical (unpaired) electrons. The van der Waals surface area contributed by atoms with Crippen molar-refractivity contribution < 1.29 is 9.53 Å². The zero-order chi connectivity index (χ0) is 14.1. The van der Waals surface area contributed by atoms with E-state index in [1.165, 1.54) is 18.2 Å². The van der Waals surface area contributed by atoms with Gasteiger partial charge in [-0.25, -0.2) is 4.79 Å². The third-order valence-corrected chi connectivity index (χ3v) is 3.10. The molecule has 1 rings (SSSR count). The Balaban J connectivity index is 3.35. The number of alkyl halides is 6. The first-order valence-corrected chi connectivity index (χ1v) is 6.82. The first-order chi connectivity index (χ1) is 8.01. The van der Waals surface area contributed by atoms with Gasteiger partial charge in [0.1, 0.15) is 5.75 Å². The normalized spacial score (nSPS) is 12.4. The van der Waals surface area contributed by atoms with E-state index < -0.39 is 13.0 Å². The van der Waals surface area contributed by atoms with E-state index in [0.717, 1.165) is 0 Å². The van der Waals surface area contributed by atoms with E-state index in [0.29, 0.717) is 0 Å². The topological polar surface area (TPSA) is 26.3 Å². The summed E-state index contributed by atoms with van der Waals surface area (Å²) >= 11 is 39.6. The van der Waals surface area contributed by atoms with Gasteiger partial charge in [0.05, 0.1) is 0 Å². The van der Waals surface area contributed by atoms with Gasteiger partial charge in [-0.1, -0.05) is 75.7 Å². The smallest absolute Gasteiger partial charge is 0.409 e. The Morgan fingerprint density at radius 3 is 1.83 bits per heavy atom. The highest BCUT2D eigenvalue weighted by atomic mass is 35.6. The van der Waals surface area contributed by atoms with Crippen LogP contribution in [0.25, 0.3) is 0 Å². The van der Waals surface area contributed by atoms with Crippen molar-refractivity contribution in [2.75, 3.05) is 0 Å². The molecule has 0 bridgehead atoms. The van der Waals surface area contributed by atoms with Crippen LogP contribution in [0, 0.1) is 0 Å². The Labute approximate surface area is 138 Å². The second-order valence-electron chi connectivity index (χ2n) is 3.04. The number of ether oxygens (including phenoxy) is 1. The highest BCUT2D eigenvalue weighted by Gasteiger charge is 2.35. The first kappa shape index (κ1) is 16.8. The van der Waals surface area contributed by atoms with Crippen LogP contribution >= 0.6 is 81.2 Å². The van der Waals surface area contributed by atoms with E-state index in [4.69, 9.17) is 81.2 Å². The number of hydrogen-bond acceptors (Lipinski definition) is 2. The SMILES string of the molecule is O=C(Cl)Oc1ccc(C(Cl)(Cl)Cl)c(C(Cl)(Cl)Cl)c1. The summed E-state index contributed by atoms with van der Waals surface area (Å²) in [6, 6.07) is 3.97. The minimum Gasteiger partial charge on any atom is -0.414 e. The zero-order valence-electron chi connectivity index (χ0n) is 8.19. The van der Waals surface area contributed by atoms with Crippen molar-refractivity contribution in [3.05, 3.63) is 29.3 Å². The van der Waals surface area contributed by atoms with Crippen LogP contribution in [0.4, 0.5) is 4.79 Å². The standard InChI is InChI=1S/C9H3Cl7O2/c10-7(17)18-4-1-2-5(8(11,12)13)6(3-4)9(14,15)16/h1-3H. The lowest BCUT2D eigenvalue weighted by molar-refractivity contribution is 0.225. The van der Waals surface area contributed by atoms with Crippen molar-refractivity contribution in [2.45, 2.75) is 7.59 Å². The highest BCUT2D eigenvalue weighted by Crippen LogP contribution is 2.48. The molecule has 1 aromatic rings. The molecule has 2 nitrogen and oxygen atoms in total. The third-order valence-electron chi connectivity index (χ3n) is 1.80. The lowest BCUT2D eigenvalue weighted by atomic mass is 10.1. The molecule has 1 aromatic carbocycles. The third kappa shape index (κ3) is 4.68. The predicted molar refractivity (Wildman–Crippen MR) is 76.8 cm³/mol. The monoisotopic (exact) mass is 388 g/mol. The Morgan fingerprint density at radius 1 is 0.944 bits per heavy atom. The van der Waals surface area contributed by atoms with Crippen LogP contribution in [-0.2, 0) is 7.59 Å². The highest BCUT2D eigenvalue weighted by molar-refractivity contribution is 6.69. The first-order valence-electron chi connectivity index (χ1n) is 4.17. The summed E-state index contributed by atoms with van der Waals surface area (Å²) in [5, 5.41) is 0. The molecule has 0 saturated heterocycles. The molecular weight excluding hydrogens is 388 g/mol. The molecule has 0 aliphatic heterocycles. The Bertz CT molecular complexity index is 461. The predicted octanol–water partition coefficient (Wildman–Crippen LogP) is 6.08. The van der Waals surface area contributed by atoms with Crippen molar-refractivity contribution in [1.82, 2.24) is 0 Å². The molecule has 9 heteroatoms. The summed E-state index contributed by atoms with van der Waals surface area (Å²) in [5.41, 5.74) is -0.809. The van der Waals surface area contributed by atoms with Crippen LogP contribution in [-0.4, -0.2) is 5.43 Å². The van der Waals surface area contributed by atoms with Crippen LogP contribution in [0.3, 0.4) is 0 Å². The zero-order valence-corrected chi connectivity index (χ0v) is 13.5. The molecule has 18 heavy (non-hydrogen) atoms. The lowest BCUT2D eigenvalue weighted by Crippen LogP contribution is -2.12. The van der Waals surface area contributed by atoms with Gasteiger partial charge in [0, 0.05) is 22.7 Å². The van der Waals surface area contributed by atoms with E-state index >= 15 is 0 Å². The average Bonchev–Trinajstić information content (AvgIpc) is 2.13. The molecule has 0 amide bonds. The van der Waals surface area contributed by atoms with Crippen molar-refractivity contribution in [3.63, 3.8) is 0 Å². The molecule has 0 atom stereocenters. The molecule has 100 valence electrons. The van der Waals surface area contributed by atoms with Crippen LogP contribution in [0.1, 0.15) is 11.1 Å². The molecule has 0 saturated carbocycles. The lowest BCUT2D eigenvalue weighted by Gasteiger charge is -2.21.